The summed E-state index contributed by atoms with van der Waals surface area (Å²) in [6.45, 7) is 12.2. The van der Waals surface area contributed by atoms with E-state index in [1.54, 1.807) is 11.9 Å². The maximum absolute atomic E-state index is 5.82. The summed E-state index contributed by atoms with van der Waals surface area (Å²) in [5, 5.41) is 0. The Balaban J connectivity index is 2.15. The third kappa shape index (κ3) is 8.15. The van der Waals surface area contributed by atoms with Crippen molar-refractivity contribution in [1.29, 1.82) is 0 Å². The topological polar surface area (TPSA) is 27.7 Å². The maximum Gasteiger partial charge on any atom is 0.0715 e. The summed E-state index contributed by atoms with van der Waals surface area (Å²) in [6.07, 6.45) is 3.58. The van der Waals surface area contributed by atoms with E-state index in [2.05, 4.69) is 41.7 Å². The van der Waals surface area contributed by atoms with Crippen LogP contribution in [-0.4, -0.2) is 75.1 Å². The molecule has 1 aliphatic rings. The molecule has 0 bridgehead atoms. The molecule has 0 aromatic heterocycles. The van der Waals surface area contributed by atoms with E-state index in [1.807, 2.05) is 0 Å². The fraction of sp³-hybridized carbons (Fsp3) is 1.00. The molecule has 1 rings (SSSR count). The van der Waals surface area contributed by atoms with Gasteiger partial charge in [-0.2, -0.15) is 0 Å². The molecule has 1 atom stereocenters. The van der Waals surface area contributed by atoms with Gasteiger partial charge < -0.3 is 9.64 Å². The molecule has 1 N–H and O–H groups in total. The Labute approximate surface area is 123 Å². The summed E-state index contributed by atoms with van der Waals surface area (Å²) in [5.41, 5.74) is 0. The van der Waals surface area contributed by atoms with Crippen molar-refractivity contribution in [2.75, 3.05) is 59.2 Å². The van der Waals surface area contributed by atoms with E-state index in [-0.39, 0.29) is 0 Å². The van der Waals surface area contributed by atoms with E-state index in [1.165, 1.54) is 13.1 Å². The average molecular weight is 289 g/mol. The zero-order chi connectivity index (χ0) is 14.1. The van der Waals surface area contributed by atoms with Crippen molar-refractivity contribution in [2.45, 2.75) is 26.4 Å². The predicted molar refractivity (Wildman–Crippen MR) is 84.6 cm³/mol. The first-order valence-electron chi connectivity index (χ1n) is 7.40. The number of morpholine rings is 1. The number of likely N-dealkylation sites (N-methyl/N-ethyl adjacent to an activating group) is 1. The molecule has 114 valence electrons. The Bertz CT molecular complexity index is 229. The van der Waals surface area contributed by atoms with Gasteiger partial charge in [-0.05, 0) is 25.6 Å². The van der Waals surface area contributed by atoms with Crippen molar-refractivity contribution in [3.05, 3.63) is 0 Å². The zero-order valence-electron chi connectivity index (χ0n) is 13.0. The van der Waals surface area contributed by atoms with Gasteiger partial charge in [-0.3, -0.25) is 9.62 Å². The summed E-state index contributed by atoms with van der Waals surface area (Å²) in [4.78, 5) is 4.98. The molecule has 0 unspecified atom stereocenters. The Morgan fingerprint density at radius 3 is 2.95 bits per heavy atom. The molecule has 0 aromatic carbocycles. The molecule has 1 heterocycles. The number of nitrogens with one attached hydrogen (secondary N) is 1. The number of ether oxygens (including phenoxy) is 1. The fourth-order valence-electron chi connectivity index (χ4n) is 2.51. The molecule has 0 radical (unpaired) electrons. The molecule has 0 spiro atoms. The average Bonchev–Trinajstić information content (AvgIpc) is 2.36. The van der Waals surface area contributed by atoms with Crippen molar-refractivity contribution >= 4 is 11.9 Å². The highest BCUT2D eigenvalue weighted by Gasteiger charge is 2.20. The zero-order valence-corrected chi connectivity index (χ0v) is 13.8. The van der Waals surface area contributed by atoms with E-state index < -0.39 is 0 Å². The largest absolute Gasteiger partial charge is 0.376 e. The number of hydrogen-bond donors (Lipinski definition) is 1. The van der Waals surface area contributed by atoms with Crippen LogP contribution in [0.4, 0.5) is 0 Å². The SMILES string of the molecule is CSNCC[C@@H]1CN(CCN(C)CC(C)C)CCO1. The van der Waals surface area contributed by atoms with Crippen molar-refractivity contribution < 1.29 is 4.74 Å². The van der Waals surface area contributed by atoms with Gasteiger partial charge in [0.05, 0.1) is 12.7 Å². The maximum atomic E-state index is 5.82. The lowest BCUT2D eigenvalue weighted by Crippen LogP contribution is -2.46. The third-order valence-electron chi connectivity index (χ3n) is 3.41. The minimum atomic E-state index is 0.406. The van der Waals surface area contributed by atoms with Crippen LogP contribution in [0.5, 0.6) is 0 Å². The lowest BCUT2D eigenvalue weighted by Gasteiger charge is -2.34. The van der Waals surface area contributed by atoms with Gasteiger partial charge in [0.25, 0.3) is 0 Å². The Morgan fingerprint density at radius 1 is 1.47 bits per heavy atom. The Morgan fingerprint density at radius 2 is 2.26 bits per heavy atom. The summed E-state index contributed by atoms with van der Waals surface area (Å²) >= 11 is 1.68. The molecule has 19 heavy (non-hydrogen) atoms. The molecule has 0 saturated carbocycles. The molecule has 0 aliphatic carbocycles. The highest BCUT2D eigenvalue weighted by molar-refractivity contribution is 7.96. The standard InChI is InChI=1S/C14H31N3OS/c1-13(2)11-16(3)7-8-17-9-10-18-14(12-17)5-6-15-19-4/h13-15H,5-12H2,1-4H3/t14-/m1/s1. The van der Waals surface area contributed by atoms with Crippen LogP contribution >= 0.6 is 11.9 Å². The molecule has 4 nitrogen and oxygen atoms in total. The smallest absolute Gasteiger partial charge is 0.0715 e. The summed E-state index contributed by atoms with van der Waals surface area (Å²) in [6, 6.07) is 0. The van der Waals surface area contributed by atoms with Gasteiger partial charge >= 0.3 is 0 Å². The molecule has 1 aliphatic heterocycles. The van der Waals surface area contributed by atoms with Gasteiger partial charge in [-0.15, -0.1) is 0 Å². The second-order valence-electron chi connectivity index (χ2n) is 5.84. The number of nitrogens with zero attached hydrogens (tertiary/aromatic N) is 2. The van der Waals surface area contributed by atoms with Gasteiger partial charge in [0.15, 0.2) is 0 Å². The van der Waals surface area contributed by atoms with Gasteiger partial charge in [0, 0.05) is 39.3 Å². The molecule has 1 fully saturated rings. The molecule has 0 amide bonds. The van der Waals surface area contributed by atoms with E-state index in [9.17, 15) is 0 Å². The van der Waals surface area contributed by atoms with Crippen LogP contribution in [0.3, 0.4) is 0 Å². The van der Waals surface area contributed by atoms with Gasteiger partial charge in [0.1, 0.15) is 0 Å². The van der Waals surface area contributed by atoms with Crippen molar-refractivity contribution in [3.63, 3.8) is 0 Å². The normalized spacial score (nSPS) is 21.5. The second kappa shape index (κ2) is 10.00. The first-order valence-corrected chi connectivity index (χ1v) is 8.62. The van der Waals surface area contributed by atoms with Gasteiger partial charge in [0.2, 0.25) is 0 Å². The van der Waals surface area contributed by atoms with E-state index >= 15 is 0 Å². The molecule has 1 saturated heterocycles. The minimum Gasteiger partial charge on any atom is -0.376 e. The molecular formula is C14H31N3OS. The van der Waals surface area contributed by atoms with Crippen LogP contribution in [0.1, 0.15) is 20.3 Å². The van der Waals surface area contributed by atoms with Gasteiger partial charge in [-0.25, -0.2) is 0 Å². The lowest BCUT2D eigenvalue weighted by molar-refractivity contribution is -0.0327. The van der Waals surface area contributed by atoms with Crippen molar-refractivity contribution in [1.82, 2.24) is 14.5 Å². The van der Waals surface area contributed by atoms with Crippen LogP contribution in [-0.2, 0) is 4.74 Å². The summed E-state index contributed by atoms with van der Waals surface area (Å²) < 4.78 is 9.11. The monoisotopic (exact) mass is 289 g/mol. The molecule has 5 heteroatoms. The minimum absolute atomic E-state index is 0.406. The predicted octanol–water partition coefficient (Wildman–Crippen LogP) is 1.53. The fourth-order valence-corrected chi connectivity index (χ4v) is 2.83. The van der Waals surface area contributed by atoms with E-state index in [4.69, 9.17) is 4.74 Å². The van der Waals surface area contributed by atoms with Crippen molar-refractivity contribution in [2.24, 2.45) is 5.92 Å². The molecular weight excluding hydrogens is 258 g/mol. The highest BCUT2D eigenvalue weighted by atomic mass is 32.2. The Kier molecular flexibility index (Phi) is 9.07. The van der Waals surface area contributed by atoms with E-state index in [0.29, 0.717) is 6.10 Å². The van der Waals surface area contributed by atoms with Crippen LogP contribution in [0.25, 0.3) is 0 Å². The first-order chi connectivity index (χ1) is 9.11. The highest BCUT2D eigenvalue weighted by Crippen LogP contribution is 2.08. The van der Waals surface area contributed by atoms with Crippen LogP contribution in [0, 0.1) is 5.92 Å². The Hall–Kier alpha value is 0.190. The van der Waals surface area contributed by atoms with Gasteiger partial charge in [-0.1, -0.05) is 25.8 Å². The van der Waals surface area contributed by atoms with Crippen LogP contribution < -0.4 is 4.72 Å². The number of rotatable bonds is 9. The van der Waals surface area contributed by atoms with Crippen LogP contribution in [0.2, 0.25) is 0 Å². The third-order valence-corrected chi connectivity index (χ3v) is 3.90. The summed E-state index contributed by atoms with van der Waals surface area (Å²) in [5.74, 6) is 0.750. The quantitative estimate of drug-likeness (QED) is 0.513. The number of hydrogen-bond acceptors (Lipinski definition) is 5. The van der Waals surface area contributed by atoms with Crippen molar-refractivity contribution in [3.8, 4) is 0 Å². The second-order valence-corrected chi connectivity index (χ2v) is 6.53. The van der Waals surface area contributed by atoms with E-state index in [0.717, 1.165) is 45.1 Å². The molecule has 0 aromatic rings. The first kappa shape index (κ1) is 17.2. The summed E-state index contributed by atoms with van der Waals surface area (Å²) in [7, 11) is 2.22. The van der Waals surface area contributed by atoms with Crippen LogP contribution in [0.15, 0.2) is 0 Å². The lowest BCUT2D eigenvalue weighted by atomic mass is 10.2.